The summed E-state index contributed by atoms with van der Waals surface area (Å²) in [6.07, 6.45) is 11.3. The molecule has 0 unspecified atom stereocenters. The second kappa shape index (κ2) is 6.81. The van der Waals surface area contributed by atoms with Crippen LogP contribution in [-0.4, -0.2) is 5.78 Å². The van der Waals surface area contributed by atoms with Gasteiger partial charge in [0, 0.05) is 12.3 Å². The zero-order valence-electron chi connectivity index (χ0n) is 10.2. The lowest BCUT2D eigenvalue weighted by atomic mass is 9.81. The first-order valence-electron chi connectivity index (χ1n) is 6.51. The van der Waals surface area contributed by atoms with Gasteiger partial charge in [-0.15, -0.1) is 0 Å². The maximum Gasteiger partial charge on any atom is 0.139 e. The molecule has 1 atom stereocenters. The van der Waals surface area contributed by atoms with E-state index < -0.39 is 0 Å². The smallest absolute Gasteiger partial charge is 0.139 e. The van der Waals surface area contributed by atoms with Crippen molar-refractivity contribution in [3.63, 3.8) is 0 Å². The summed E-state index contributed by atoms with van der Waals surface area (Å²) >= 11 is 0. The topological polar surface area (TPSA) is 17.1 Å². The van der Waals surface area contributed by atoms with Crippen LogP contribution in [0, 0.1) is 5.92 Å². The lowest BCUT2D eigenvalue weighted by molar-refractivity contribution is -0.123. The Balaban J connectivity index is 2.55. The summed E-state index contributed by atoms with van der Waals surface area (Å²) in [5.41, 5.74) is 1.41. The molecular formula is C14H24O. The number of unbranched alkanes of at least 4 members (excludes halogenated alkanes) is 2. The summed E-state index contributed by atoms with van der Waals surface area (Å²) < 4.78 is 0. The number of carbonyl (C=O) groups excluding carboxylic acids is 1. The minimum absolute atomic E-state index is 0.278. The number of Topliss-reactive ketones (excluding diaryl/α,β-unsaturated/α-hetero) is 1. The van der Waals surface area contributed by atoms with Crippen molar-refractivity contribution in [2.24, 2.45) is 5.92 Å². The van der Waals surface area contributed by atoms with Gasteiger partial charge in [0.25, 0.3) is 0 Å². The highest BCUT2D eigenvalue weighted by Gasteiger charge is 2.24. The number of hydrogen-bond donors (Lipinski definition) is 0. The molecule has 1 nitrogen and oxygen atoms in total. The third-order valence-electron chi connectivity index (χ3n) is 3.37. The van der Waals surface area contributed by atoms with Crippen molar-refractivity contribution in [2.45, 2.75) is 65.2 Å². The van der Waals surface area contributed by atoms with Crippen molar-refractivity contribution in [1.29, 1.82) is 0 Å². The zero-order valence-corrected chi connectivity index (χ0v) is 10.2. The summed E-state index contributed by atoms with van der Waals surface area (Å²) in [6.45, 7) is 4.39. The Morgan fingerprint density at radius 1 is 1.40 bits per heavy atom. The Morgan fingerprint density at radius 2 is 2.20 bits per heavy atom. The van der Waals surface area contributed by atoms with Crippen molar-refractivity contribution in [2.75, 3.05) is 0 Å². The molecule has 0 heterocycles. The minimum atomic E-state index is 0.278. The molecule has 1 saturated carbocycles. The first-order valence-corrected chi connectivity index (χ1v) is 6.51. The summed E-state index contributed by atoms with van der Waals surface area (Å²) in [6, 6.07) is 0. The van der Waals surface area contributed by atoms with Crippen LogP contribution in [0.1, 0.15) is 65.2 Å². The van der Waals surface area contributed by atoms with Gasteiger partial charge in [0.1, 0.15) is 5.78 Å². The van der Waals surface area contributed by atoms with Crippen LogP contribution in [0.15, 0.2) is 11.6 Å². The average Bonchev–Trinajstić information content (AvgIpc) is 2.26. The average molecular weight is 208 g/mol. The van der Waals surface area contributed by atoms with Crippen LogP contribution in [0.3, 0.4) is 0 Å². The van der Waals surface area contributed by atoms with Gasteiger partial charge in [-0.05, 0) is 25.7 Å². The van der Waals surface area contributed by atoms with Gasteiger partial charge in [0.15, 0.2) is 0 Å². The molecule has 1 rings (SSSR count). The minimum Gasteiger partial charge on any atom is -0.299 e. The normalized spacial score (nSPS) is 23.2. The van der Waals surface area contributed by atoms with Gasteiger partial charge in [0.2, 0.25) is 0 Å². The van der Waals surface area contributed by atoms with E-state index in [1.165, 1.54) is 24.8 Å². The Hall–Kier alpha value is -0.590. The standard InChI is InChI=1S/C14H24O/c1-3-5-6-9-12(4-2)13-10-7-8-11-14(13)15/h9,13H,3-8,10-11H2,1-2H3/b12-9+/t13-/m1/s1. The van der Waals surface area contributed by atoms with Gasteiger partial charge >= 0.3 is 0 Å². The van der Waals surface area contributed by atoms with Gasteiger partial charge in [0.05, 0.1) is 0 Å². The molecule has 0 aliphatic heterocycles. The lowest BCUT2D eigenvalue weighted by Gasteiger charge is -2.22. The highest BCUT2D eigenvalue weighted by molar-refractivity contribution is 5.84. The molecule has 0 spiro atoms. The van der Waals surface area contributed by atoms with Crippen LogP contribution in [0.4, 0.5) is 0 Å². The zero-order chi connectivity index (χ0) is 11.1. The van der Waals surface area contributed by atoms with E-state index in [4.69, 9.17) is 0 Å². The summed E-state index contributed by atoms with van der Waals surface area (Å²) in [4.78, 5) is 11.8. The van der Waals surface area contributed by atoms with Gasteiger partial charge in [-0.3, -0.25) is 4.79 Å². The Kier molecular flexibility index (Phi) is 5.67. The molecule has 1 aliphatic carbocycles. The van der Waals surface area contributed by atoms with E-state index in [9.17, 15) is 4.79 Å². The van der Waals surface area contributed by atoms with Gasteiger partial charge in [-0.1, -0.05) is 44.8 Å². The third-order valence-corrected chi connectivity index (χ3v) is 3.37. The van der Waals surface area contributed by atoms with E-state index in [0.29, 0.717) is 5.78 Å². The first kappa shape index (κ1) is 12.5. The van der Waals surface area contributed by atoms with E-state index in [-0.39, 0.29) is 5.92 Å². The molecule has 1 fully saturated rings. The molecule has 0 aromatic carbocycles. The Labute approximate surface area is 93.9 Å². The van der Waals surface area contributed by atoms with Crippen LogP contribution in [0.2, 0.25) is 0 Å². The number of carbonyl (C=O) groups is 1. The van der Waals surface area contributed by atoms with Crippen molar-refractivity contribution in [3.05, 3.63) is 11.6 Å². The molecule has 0 bridgehead atoms. The van der Waals surface area contributed by atoms with E-state index in [1.807, 2.05) is 0 Å². The van der Waals surface area contributed by atoms with Crippen LogP contribution >= 0.6 is 0 Å². The number of ketones is 1. The predicted octanol–water partition coefficient (Wildman–Crippen LogP) is 4.27. The summed E-state index contributed by atoms with van der Waals surface area (Å²) in [7, 11) is 0. The molecular weight excluding hydrogens is 184 g/mol. The fraction of sp³-hybridized carbons (Fsp3) is 0.786. The first-order chi connectivity index (χ1) is 7.29. The Bertz CT molecular complexity index is 227. The molecule has 0 amide bonds. The van der Waals surface area contributed by atoms with Gasteiger partial charge < -0.3 is 0 Å². The number of rotatable bonds is 5. The molecule has 86 valence electrons. The molecule has 15 heavy (non-hydrogen) atoms. The fourth-order valence-electron chi connectivity index (χ4n) is 2.40. The lowest BCUT2D eigenvalue weighted by Crippen LogP contribution is -2.20. The molecule has 1 heteroatoms. The Morgan fingerprint density at radius 3 is 2.80 bits per heavy atom. The number of hydrogen-bond acceptors (Lipinski definition) is 1. The monoisotopic (exact) mass is 208 g/mol. The van der Waals surface area contributed by atoms with Crippen molar-refractivity contribution < 1.29 is 4.79 Å². The second-order valence-corrected chi connectivity index (χ2v) is 4.54. The van der Waals surface area contributed by atoms with Crippen LogP contribution in [0.25, 0.3) is 0 Å². The van der Waals surface area contributed by atoms with Crippen molar-refractivity contribution >= 4 is 5.78 Å². The van der Waals surface area contributed by atoms with E-state index in [0.717, 1.165) is 32.1 Å². The summed E-state index contributed by atoms with van der Waals surface area (Å²) in [5, 5.41) is 0. The largest absolute Gasteiger partial charge is 0.299 e. The van der Waals surface area contributed by atoms with Gasteiger partial charge in [-0.2, -0.15) is 0 Å². The van der Waals surface area contributed by atoms with Crippen molar-refractivity contribution in [1.82, 2.24) is 0 Å². The molecule has 1 aliphatic rings. The third kappa shape index (κ3) is 3.81. The van der Waals surface area contributed by atoms with Crippen LogP contribution < -0.4 is 0 Å². The van der Waals surface area contributed by atoms with E-state index >= 15 is 0 Å². The fourth-order valence-corrected chi connectivity index (χ4v) is 2.40. The number of allylic oxidation sites excluding steroid dienone is 2. The molecule has 0 aromatic rings. The van der Waals surface area contributed by atoms with E-state index in [2.05, 4.69) is 19.9 Å². The predicted molar refractivity (Wildman–Crippen MR) is 64.9 cm³/mol. The highest BCUT2D eigenvalue weighted by Crippen LogP contribution is 2.29. The molecule has 0 saturated heterocycles. The van der Waals surface area contributed by atoms with Crippen molar-refractivity contribution in [3.8, 4) is 0 Å². The van der Waals surface area contributed by atoms with Crippen LogP contribution in [0.5, 0.6) is 0 Å². The quantitative estimate of drug-likeness (QED) is 0.487. The second-order valence-electron chi connectivity index (χ2n) is 4.54. The maximum absolute atomic E-state index is 11.8. The van der Waals surface area contributed by atoms with E-state index in [1.54, 1.807) is 0 Å². The molecule has 0 radical (unpaired) electrons. The van der Waals surface area contributed by atoms with Crippen LogP contribution in [-0.2, 0) is 4.79 Å². The molecule has 0 N–H and O–H groups in total. The molecule has 0 aromatic heterocycles. The summed E-state index contributed by atoms with van der Waals surface area (Å²) in [5.74, 6) is 0.770. The highest BCUT2D eigenvalue weighted by atomic mass is 16.1. The van der Waals surface area contributed by atoms with Gasteiger partial charge in [-0.25, -0.2) is 0 Å². The SMILES string of the molecule is CCCC/C=C(\CC)[C@H]1CCCCC1=O. The maximum atomic E-state index is 11.8.